The summed E-state index contributed by atoms with van der Waals surface area (Å²) in [6.07, 6.45) is 3.82. The van der Waals surface area contributed by atoms with E-state index in [0.29, 0.717) is 27.0 Å². The van der Waals surface area contributed by atoms with Crippen LogP contribution in [0.15, 0.2) is 24.3 Å². The normalized spacial score (nSPS) is 14.4. The van der Waals surface area contributed by atoms with Gasteiger partial charge in [-0.05, 0) is 61.9 Å². The monoisotopic (exact) mass is 411 g/mol. The van der Waals surface area contributed by atoms with Gasteiger partial charge in [-0.25, -0.2) is 4.79 Å². The molecule has 1 aliphatic rings. The minimum absolute atomic E-state index is 0.331. The molecule has 1 atom stereocenters. The molecule has 0 radical (unpaired) electrons. The summed E-state index contributed by atoms with van der Waals surface area (Å²) < 4.78 is 5.45. The molecule has 0 saturated carbocycles. The number of esters is 1. The van der Waals surface area contributed by atoms with Crippen molar-refractivity contribution in [3.05, 3.63) is 49.6 Å². The van der Waals surface area contributed by atoms with E-state index in [-0.39, 0.29) is 0 Å². The molecule has 7 heteroatoms. The number of aryl methyl sites for hydroxylation is 2. The molecule has 138 valence electrons. The van der Waals surface area contributed by atoms with E-state index in [4.69, 9.17) is 27.9 Å². The molecule has 1 aliphatic carbocycles. The van der Waals surface area contributed by atoms with Crippen LogP contribution in [0, 0.1) is 0 Å². The Morgan fingerprint density at radius 1 is 1.23 bits per heavy atom. The van der Waals surface area contributed by atoms with Gasteiger partial charge in [-0.3, -0.25) is 4.79 Å². The third-order valence-corrected chi connectivity index (χ3v) is 6.06. The van der Waals surface area contributed by atoms with Gasteiger partial charge in [0.05, 0.1) is 10.7 Å². The van der Waals surface area contributed by atoms with E-state index in [1.807, 2.05) is 6.07 Å². The van der Waals surface area contributed by atoms with E-state index >= 15 is 0 Å². The first kappa shape index (κ1) is 19.2. The molecule has 1 heterocycles. The predicted molar refractivity (Wildman–Crippen MR) is 106 cm³/mol. The van der Waals surface area contributed by atoms with Crippen molar-refractivity contribution in [1.82, 2.24) is 0 Å². The molecule has 3 rings (SSSR count). The Kier molecular flexibility index (Phi) is 6.22. The van der Waals surface area contributed by atoms with Gasteiger partial charge in [0.15, 0.2) is 6.10 Å². The molecule has 0 aliphatic heterocycles. The van der Waals surface area contributed by atoms with Crippen LogP contribution in [0.5, 0.6) is 0 Å². The van der Waals surface area contributed by atoms with Crippen LogP contribution >= 0.6 is 34.5 Å². The molecule has 1 unspecified atom stereocenters. The molecule has 1 aromatic carbocycles. The number of carbonyl (C=O) groups excluding carboxylic acids is 2. The summed E-state index contributed by atoms with van der Waals surface area (Å²) in [6.45, 7) is 1.79. The van der Waals surface area contributed by atoms with Crippen LogP contribution in [-0.4, -0.2) is 18.0 Å². The maximum Gasteiger partial charge on any atom is 0.349 e. The summed E-state index contributed by atoms with van der Waals surface area (Å²) >= 11 is 13.4. The van der Waals surface area contributed by atoms with E-state index in [9.17, 15) is 9.59 Å². The van der Waals surface area contributed by atoms with E-state index < -0.39 is 18.0 Å². The average molecular weight is 412 g/mol. The quantitative estimate of drug-likeness (QED) is 0.659. The molecular weight excluding hydrogens is 393 g/mol. The number of hydrogen-bond donors (Lipinski definition) is 1. The van der Waals surface area contributed by atoms with Crippen molar-refractivity contribution in [2.75, 3.05) is 5.32 Å². The van der Waals surface area contributed by atoms with Crippen molar-refractivity contribution < 1.29 is 14.3 Å². The van der Waals surface area contributed by atoms with Crippen molar-refractivity contribution in [3.8, 4) is 0 Å². The number of thiophene rings is 1. The summed E-state index contributed by atoms with van der Waals surface area (Å²) in [6, 6.07) is 6.70. The van der Waals surface area contributed by atoms with Gasteiger partial charge in [0.1, 0.15) is 4.88 Å². The highest BCUT2D eigenvalue weighted by atomic mass is 35.5. The number of rotatable bonds is 5. The molecule has 0 saturated heterocycles. The lowest BCUT2D eigenvalue weighted by Crippen LogP contribution is -2.32. The molecule has 26 heavy (non-hydrogen) atoms. The van der Waals surface area contributed by atoms with E-state index in [2.05, 4.69) is 5.32 Å². The predicted octanol–water partition coefficient (Wildman–Crippen LogP) is 5.51. The second-order valence-corrected chi connectivity index (χ2v) is 8.16. The van der Waals surface area contributed by atoms with Gasteiger partial charge in [0.2, 0.25) is 0 Å². The lowest BCUT2D eigenvalue weighted by Gasteiger charge is -2.16. The minimum atomic E-state index is -0.881. The molecule has 0 bridgehead atoms. The van der Waals surface area contributed by atoms with Gasteiger partial charge in [-0.2, -0.15) is 0 Å². The largest absolute Gasteiger partial charge is 0.448 e. The number of amides is 1. The highest BCUT2D eigenvalue weighted by molar-refractivity contribution is 7.14. The molecular formula is C19H19Cl2NO3S. The van der Waals surface area contributed by atoms with Gasteiger partial charge in [0, 0.05) is 9.90 Å². The summed E-state index contributed by atoms with van der Waals surface area (Å²) in [4.78, 5) is 26.8. The van der Waals surface area contributed by atoms with Crippen molar-refractivity contribution in [2.45, 2.75) is 45.1 Å². The second-order valence-electron chi connectivity index (χ2n) is 6.18. The number of hydrogen-bond acceptors (Lipinski definition) is 4. The second kappa shape index (κ2) is 8.42. The summed E-state index contributed by atoms with van der Waals surface area (Å²) in [5.41, 5.74) is 1.67. The molecule has 0 spiro atoms. The number of carbonyl (C=O) groups is 2. The number of fused-ring (bicyclic) bond motifs is 1. The topological polar surface area (TPSA) is 55.4 Å². The first-order chi connectivity index (χ1) is 12.5. The maximum absolute atomic E-state index is 12.5. The Morgan fingerprint density at radius 3 is 2.69 bits per heavy atom. The highest BCUT2D eigenvalue weighted by Gasteiger charge is 2.25. The number of anilines is 1. The minimum Gasteiger partial charge on any atom is -0.448 e. The summed E-state index contributed by atoms with van der Waals surface area (Å²) in [5.74, 6) is -0.861. The Bertz CT molecular complexity index is 811. The highest BCUT2D eigenvalue weighted by Crippen LogP contribution is 2.30. The van der Waals surface area contributed by atoms with Gasteiger partial charge < -0.3 is 10.1 Å². The van der Waals surface area contributed by atoms with E-state index in [1.165, 1.54) is 21.8 Å². The summed E-state index contributed by atoms with van der Waals surface area (Å²) in [7, 11) is 0. The molecule has 4 nitrogen and oxygen atoms in total. The zero-order valence-corrected chi connectivity index (χ0v) is 16.6. The van der Waals surface area contributed by atoms with Crippen molar-refractivity contribution in [1.29, 1.82) is 0 Å². The fourth-order valence-electron chi connectivity index (χ4n) is 2.90. The molecule has 2 aromatic rings. The van der Waals surface area contributed by atoms with E-state index in [1.54, 1.807) is 25.1 Å². The molecule has 1 aromatic heterocycles. The van der Waals surface area contributed by atoms with Gasteiger partial charge >= 0.3 is 5.97 Å². The van der Waals surface area contributed by atoms with Crippen LogP contribution in [0.2, 0.25) is 10.0 Å². The standard InChI is InChI=1S/C19H19Cl2NO3S/c1-2-15(18(23)22-14-8-7-12(20)10-13(14)21)25-19(24)17-9-11-5-3-4-6-16(11)26-17/h7-10,15H,2-6H2,1H3,(H,22,23). The van der Waals surface area contributed by atoms with Crippen molar-refractivity contribution in [3.63, 3.8) is 0 Å². The summed E-state index contributed by atoms with van der Waals surface area (Å²) in [5, 5.41) is 3.50. The first-order valence-electron chi connectivity index (χ1n) is 8.56. The smallest absolute Gasteiger partial charge is 0.349 e. The zero-order valence-electron chi connectivity index (χ0n) is 14.3. The van der Waals surface area contributed by atoms with Gasteiger partial charge in [0.25, 0.3) is 5.91 Å². The average Bonchev–Trinajstić information content (AvgIpc) is 3.06. The fraction of sp³-hybridized carbons (Fsp3) is 0.368. The molecule has 0 fully saturated rings. The van der Waals surface area contributed by atoms with Gasteiger partial charge in [-0.1, -0.05) is 30.1 Å². The van der Waals surface area contributed by atoms with Crippen LogP contribution in [-0.2, 0) is 22.4 Å². The van der Waals surface area contributed by atoms with Crippen molar-refractivity contribution >= 4 is 52.1 Å². The van der Waals surface area contributed by atoms with E-state index in [0.717, 1.165) is 25.7 Å². The Morgan fingerprint density at radius 2 is 2.00 bits per heavy atom. The Hall–Kier alpha value is -1.56. The number of benzene rings is 1. The molecule has 1 N–H and O–H groups in total. The van der Waals surface area contributed by atoms with Crippen LogP contribution in [0.4, 0.5) is 5.69 Å². The van der Waals surface area contributed by atoms with Crippen LogP contribution in [0.3, 0.4) is 0 Å². The number of ether oxygens (including phenoxy) is 1. The lowest BCUT2D eigenvalue weighted by molar-refractivity contribution is -0.124. The maximum atomic E-state index is 12.5. The Balaban J connectivity index is 1.67. The molecule has 1 amide bonds. The third kappa shape index (κ3) is 4.40. The zero-order chi connectivity index (χ0) is 18.7. The van der Waals surface area contributed by atoms with Crippen LogP contribution in [0.1, 0.15) is 46.3 Å². The van der Waals surface area contributed by atoms with Gasteiger partial charge in [-0.15, -0.1) is 11.3 Å². The SMILES string of the molecule is CCC(OC(=O)c1cc2c(s1)CCCC2)C(=O)Nc1ccc(Cl)cc1Cl. The van der Waals surface area contributed by atoms with Crippen molar-refractivity contribution in [2.24, 2.45) is 0 Å². The fourth-order valence-corrected chi connectivity index (χ4v) is 4.50. The third-order valence-electron chi connectivity index (χ3n) is 4.30. The van der Waals surface area contributed by atoms with Crippen LogP contribution in [0.25, 0.3) is 0 Å². The Labute approximate surface area is 166 Å². The number of halogens is 2. The van der Waals surface area contributed by atoms with Crippen LogP contribution < -0.4 is 5.32 Å². The lowest BCUT2D eigenvalue weighted by atomic mass is 9.99. The first-order valence-corrected chi connectivity index (χ1v) is 10.1. The number of nitrogens with one attached hydrogen (secondary N) is 1.